The lowest BCUT2D eigenvalue weighted by Crippen LogP contribution is -2.30. The van der Waals surface area contributed by atoms with Gasteiger partial charge in [0, 0.05) is 12.8 Å². The maximum atomic E-state index is 12.9. The Morgan fingerprint density at radius 3 is 2.59 bits per heavy atom. The van der Waals surface area contributed by atoms with E-state index in [4.69, 9.17) is 4.42 Å². The van der Waals surface area contributed by atoms with Gasteiger partial charge in [0.1, 0.15) is 0 Å². The fraction of sp³-hybridized carbons (Fsp3) is 0.542. The number of oxazole rings is 1. The van der Waals surface area contributed by atoms with Crippen LogP contribution < -0.4 is 0 Å². The standard InChI is InChI=1S/C24H30F3N5OS/c1-17-21(33-16-28-17)22-29-30-23(31(22)2)34-15-5-13-32-12-4-3-6-18(11-14-32)19-7-9-20(10-8-19)24(25,26)27/h7-10,16,18H,3-6,11-15H2,1-2H3/t18-/m0/s1. The molecule has 0 N–H and O–H groups in total. The summed E-state index contributed by atoms with van der Waals surface area (Å²) in [5.74, 6) is 2.57. The number of rotatable bonds is 7. The van der Waals surface area contributed by atoms with E-state index in [9.17, 15) is 13.2 Å². The Bertz CT molecular complexity index is 1060. The number of likely N-dealkylation sites (tertiary alicyclic amines) is 1. The van der Waals surface area contributed by atoms with Crippen molar-refractivity contribution in [2.24, 2.45) is 7.05 Å². The van der Waals surface area contributed by atoms with Crippen LogP contribution in [-0.2, 0) is 13.2 Å². The van der Waals surface area contributed by atoms with Gasteiger partial charge >= 0.3 is 6.18 Å². The van der Waals surface area contributed by atoms with Gasteiger partial charge in [-0.25, -0.2) is 4.98 Å². The van der Waals surface area contributed by atoms with Crippen LogP contribution in [-0.4, -0.2) is 50.0 Å². The molecule has 1 atom stereocenters. The summed E-state index contributed by atoms with van der Waals surface area (Å²) < 4.78 is 46.0. The van der Waals surface area contributed by atoms with Gasteiger partial charge in [-0.3, -0.25) is 0 Å². The Kier molecular flexibility index (Phi) is 7.98. The number of aryl methyl sites for hydroxylation is 1. The summed E-state index contributed by atoms with van der Waals surface area (Å²) >= 11 is 1.68. The first-order valence-corrected chi connectivity index (χ1v) is 12.6. The molecule has 1 aromatic carbocycles. The van der Waals surface area contributed by atoms with Gasteiger partial charge < -0.3 is 13.9 Å². The van der Waals surface area contributed by atoms with Gasteiger partial charge in [-0.05, 0) is 75.9 Å². The first kappa shape index (κ1) is 24.8. The molecule has 1 saturated heterocycles. The molecule has 184 valence electrons. The molecular formula is C24H30F3N5OS. The number of hydrogen-bond acceptors (Lipinski definition) is 6. The van der Waals surface area contributed by atoms with E-state index in [0.29, 0.717) is 17.5 Å². The highest BCUT2D eigenvalue weighted by Crippen LogP contribution is 2.33. The fourth-order valence-electron chi connectivity index (χ4n) is 4.43. The number of nitrogens with zero attached hydrogens (tertiary/aromatic N) is 5. The minimum absolute atomic E-state index is 0.316. The van der Waals surface area contributed by atoms with E-state index in [1.54, 1.807) is 23.9 Å². The van der Waals surface area contributed by atoms with E-state index in [0.717, 1.165) is 73.9 Å². The molecule has 3 heterocycles. The second-order valence-electron chi connectivity index (χ2n) is 8.78. The van der Waals surface area contributed by atoms with Gasteiger partial charge in [-0.1, -0.05) is 30.3 Å². The molecule has 1 fully saturated rings. The lowest BCUT2D eigenvalue weighted by Gasteiger charge is -2.28. The molecule has 2 aromatic heterocycles. The van der Waals surface area contributed by atoms with Gasteiger partial charge in [0.15, 0.2) is 17.3 Å². The molecular weight excluding hydrogens is 463 g/mol. The molecule has 1 aliphatic rings. The smallest absolute Gasteiger partial charge is 0.416 e. The molecule has 0 aliphatic carbocycles. The van der Waals surface area contributed by atoms with Crippen LogP contribution in [0.4, 0.5) is 13.2 Å². The highest BCUT2D eigenvalue weighted by molar-refractivity contribution is 7.99. The number of benzene rings is 1. The maximum Gasteiger partial charge on any atom is 0.416 e. The Morgan fingerprint density at radius 1 is 1.09 bits per heavy atom. The van der Waals surface area contributed by atoms with Crippen molar-refractivity contribution in [2.75, 3.05) is 25.4 Å². The van der Waals surface area contributed by atoms with Crippen LogP contribution >= 0.6 is 11.8 Å². The predicted octanol–water partition coefficient (Wildman–Crippen LogP) is 5.94. The van der Waals surface area contributed by atoms with E-state index < -0.39 is 11.7 Å². The molecule has 4 rings (SSSR count). The minimum atomic E-state index is -4.28. The SMILES string of the molecule is Cc1ncoc1-c1nnc(SCCCN2CCCC[C@H](c3ccc(C(F)(F)F)cc3)CC2)n1C. The first-order chi connectivity index (χ1) is 16.3. The van der Waals surface area contributed by atoms with Gasteiger partial charge in [0.05, 0.1) is 11.3 Å². The molecule has 0 unspecified atom stereocenters. The van der Waals surface area contributed by atoms with Crippen molar-refractivity contribution in [3.8, 4) is 11.6 Å². The molecule has 10 heteroatoms. The molecule has 0 bridgehead atoms. The van der Waals surface area contributed by atoms with Crippen molar-refractivity contribution in [1.82, 2.24) is 24.6 Å². The van der Waals surface area contributed by atoms with Gasteiger partial charge in [0.2, 0.25) is 5.82 Å². The lowest BCUT2D eigenvalue weighted by atomic mass is 9.88. The highest BCUT2D eigenvalue weighted by Gasteiger charge is 2.30. The molecule has 6 nitrogen and oxygen atoms in total. The van der Waals surface area contributed by atoms with Crippen molar-refractivity contribution in [1.29, 1.82) is 0 Å². The highest BCUT2D eigenvalue weighted by atomic mass is 32.2. The van der Waals surface area contributed by atoms with E-state index in [1.165, 1.54) is 18.5 Å². The summed E-state index contributed by atoms with van der Waals surface area (Å²) in [5.41, 5.74) is 1.23. The number of alkyl halides is 3. The van der Waals surface area contributed by atoms with E-state index in [2.05, 4.69) is 20.1 Å². The topological polar surface area (TPSA) is 60.0 Å². The Morgan fingerprint density at radius 2 is 1.88 bits per heavy atom. The van der Waals surface area contributed by atoms with Gasteiger partial charge in [0.25, 0.3) is 0 Å². The average molecular weight is 494 g/mol. The van der Waals surface area contributed by atoms with Gasteiger partial charge in [-0.15, -0.1) is 10.2 Å². The van der Waals surface area contributed by atoms with E-state index in [1.807, 2.05) is 18.5 Å². The Labute approximate surface area is 202 Å². The van der Waals surface area contributed by atoms with Crippen molar-refractivity contribution in [3.05, 3.63) is 47.5 Å². The van der Waals surface area contributed by atoms with Crippen molar-refractivity contribution in [3.63, 3.8) is 0 Å². The maximum absolute atomic E-state index is 12.9. The van der Waals surface area contributed by atoms with Crippen LogP contribution in [0.25, 0.3) is 11.6 Å². The molecule has 3 aromatic rings. The van der Waals surface area contributed by atoms with E-state index in [-0.39, 0.29) is 0 Å². The summed E-state index contributed by atoms with van der Waals surface area (Å²) in [6.07, 6.45) is 2.38. The third-order valence-electron chi connectivity index (χ3n) is 6.41. The summed E-state index contributed by atoms with van der Waals surface area (Å²) in [7, 11) is 1.93. The quantitative estimate of drug-likeness (QED) is 0.300. The van der Waals surface area contributed by atoms with Gasteiger partial charge in [-0.2, -0.15) is 13.2 Å². The molecule has 0 amide bonds. The monoisotopic (exact) mass is 493 g/mol. The van der Waals surface area contributed by atoms with Crippen molar-refractivity contribution < 1.29 is 17.6 Å². The second kappa shape index (κ2) is 10.9. The molecule has 0 saturated carbocycles. The van der Waals surface area contributed by atoms with Crippen molar-refractivity contribution >= 4 is 11.8 Å². The number of aromatic nitrogens is 4. The zero-order valence-electron chi connectivity index (χ0n) is 19.5. The van der Waals surface area contributed by atoms with Crippen LogP contribution in [0.3, 0.4) is 0 Å². The average Bonchev–Trinajstić information content (AvgIpc) is 3.37. The second-order valence-corrected chi connectivity index (χ2v) is 9.84. The number of thioether (sulfide) groups is 1. The largest absolute Gasteiger partial charge is 0.440 e. The van der Waals surface area contributed by atoms with Crippen LogP contribution in [0.1, 0.15) is 54.8 Å². The predicted molar refractivity (Wildman–Crippen MR) is 126 cm³/mol. The number of halogens is 3. The summed E-state index contributed by atoms with van der Waals surface area (Å²) in [6, 6.07) is 5.74. The molecule has 34 heavy (non-hydrogen) atoms. The fourth-order valence-corrected chi connectivity index (χ4v) is 5.26. The summed E-state index contributed by atoms with van der Waals surface area (Å²) in [5, 5.41) is 9.39. The normalized spacial score (nSPS) is 18.1. The lowest BCUT2D eigenvalue weighted by molar-refractivity contribution is -0.137. The molecule has 0 radical (unpaired) electrons. The summed E-state index contributed by atoms with van der Waals surface area (Å²) in [4.78, 5) is 6.60. The van der Waals surface area contributed by atoms with Crippen molar-refractivity contribution in [2.45, 2.75) is 56.3 Å². The Balaban J connectivity index is 1.25. The molecule has 1 aliphatic heterocycles. The van der Waals surface area contributed by atoms with Crippen LogP contribution in [0.2, 0.25) is 0 Å². The minimum Gasteiger partial charge on any atom is -0.440 e. The molecule has 0 spiro atoms. The number of hydrogen-bond donors (Lipinski definition) is 0. The first-order valence-electron chi connectivity index (χ1n) is 11.6. The van der Waals surface area contributed by atoms with Crippen LogP contribution in [0.5, 0.6) is 0 Å². The van der Waals surface area contributed by atoms with Crippen LogP contribution in [0.15, 0.2) is 40.2 Å². The van der Waals surface area contributed by atoms with Crippen LogP contribution in [0, 0.1) is 6.92 Å². The zero-order chi connectivity index (χ0) is 24.1. The Hall–Kier alpha value is -2.33. The third-order valence-corrected chi connectivity index (χ3v) is 7.52. The summed E-state index contributed by atoms with van der Waals surface area (Å²) in [6.45, 7) is 4.92. The zero-order valence-corrected chi connectivity index (χ0v) is 20.3. The van der Waals surface area contributed by atoms with E-state index >= 15 is 0 Å². The third kappa shape index (κ3) is 6.02.